The molecule has 1 aliphatic rings. The predicted molar refractivity (Wildman–Crippen MR) is 126 cm³/mol. The van der Waals surface area contributed by atoms with E-state index in [0.29, 0.717) is 18.1 Å². The van der Waals surface area contributed by atoms with Crippen LogP contribution in [0, 0.1) is 0 Å². The number of aromatic nitrogens is 3. The number of nitrogens with one attached hydrogen (secondary N) is 1. The molecule has 9 nitrogen and oxygen atoms in total. The molecule has 168 valence electrons. The first-order valence-electron chi connectivity index (χ1n) is 11.0. The maximum atomic E-state index is 12.6. The van der Waals surface area contributed by atoms with Crippen molar-refractivity contribution >= 4 is 34.4 Å². The standard InChI is InChI=1S/C23H29N7O2/c1-2-30-20(24)18(21(25)32)19(31)17-14-26-23(28-22(17)30)27-16-8-6-15(7-9-16)10-13-29-11-4-3-5-12-29/h6-9,14H,2-5,10-13,24H2,1H3,(H2,25,32)(H,26,27,28). The second kappa shape index (κ2) is 9.35. The highest BCUT2D eigenvalue weighted by Crippen LogP contribution is 2.20. The number of anilines is 3. The normalized spacial score (nSPS) is 14.5. The highest BCUT2D eigenvalue weighted by Gasteiger charge is 2.20. The number of nitrogens with two attached hydrogens (primary N) is 2. The number of carbonyl (C=O) groups is 1. The van der Waals surface area contributed by atoms with E-state index in [9.17, 15) is 9.59 Å². The molecule has 1 amide bonds. The minimum atomic E-state index is -0.862. The molecule has 0 unspecified atom stereocenters. The van der Waals surface area contributed by atoms with Crippen molar-refractivity contribution in [1.82, 2.24) is 19.4 Å². The van der Waals surface area contributed by atoms with Gasteiger partial charge in [-0.25, -0.2) is 4.98 Å². The second-order valence-corrected chi connectivity index (χ2v) is 8.10. The number of nitrogen functional groups attached to an aromatic ring is 1. The Kier molecular flexibility index (Phi) is 6.36. The van der Waals surface area contributed by atoms with E-state index in [1.54, 1.807) is 4.57 Å². The zero-order valence-corrected chi connectivity index (χ0v) is 18.3. The molecular weight excluding hydrogens is 406 g/mol. The number of aryl methyl sites for hydroxylation is 1. The zero-order valence-electron chi connectivity index (χ0n) is 18.3. The van der Waals surface area contributed by atoms with Gasteiger partial charge in [0.15, 0.2) is 5.65 Å². The van der Waals surface area contributed by atoms with E-state index >= 15 is 0 Å². The molecule has 0 spiro atoms. The third-order valence-electron chi connectivity index (χ3n) is 5.98. The first kappa shape index (κ1) is 21.8. The van der Waals surface area contributed by atoms with Gasteiger partial charge in [-0.05, 0) is 57.0 Å². The Morgan fingerprint density at radius 2 is 1.88 bits per heavy atom. The van der Waals surface area contributed by atoms with Crippen molar-refractivity contribution in [3.63, 3.8) is 0 Å². The summed E-state index contributed by atoms with van der Waals surface area (Å²) in [4.78, 5) is 35.6. The Bertz CT molecular complexity index is 1180. The van der Waals surface area contributed by atoms with Crippen molar-refractivity contribution < 1.29 is 4.79 Å². The van der Waals surface area contributed by atoms with E-state index in [2.05, 4.69) is 32.3 Å². The van der Waals surface area contributed by atoms with Crippen molar-refractivity contribution in [1.29, 1.82) is 0 Å². The van der Waals surface area contributed by atoms with Gasteiger partial charge in [-0.3, -0.25) is 9.59 Å². The van der Waals surface area contributed by atoms with Crippen molar-refractivity contribution in [3.8, 4) is 0 Å². The molecule has 0 saturated carbocycles. The lowest BCUT2D eigenvalue weighted by Crippen LogP contribution is -2.31. The maximum absolute atomic E-state index is 12.6. The number of carbonyl (C=O) groups excluding carboxylic acids is 1. The fourth-order valence-electron chi connectivity index (χ4n) is 4.21. The van der Waals surface area contributed by atoms with Crippen LogP contribution in [0.3, 0.4) is 0 Å². The van der Waals surface area contributed by atoms with Crippen LogP contribution in [-0.4, -0.2) is 45.0 Å². The third kappa shape index (κ3) is 4.43. The van der Waals surface area contributed by atoms with Gasteiger partial charge in [0.1, 0.15) is 11.4 Å². The number of pyridine rings is 1. The molecular formula is C23H29N7O2. The lowest BCUT2D eigenvalue weighted by atomic mass is 10.1. The number of fused-ring (bicyclic) bond motifs is 1. The molecule has 9 heteroatoms. The summed E-state index contributed by atoms with van der Waals surface area (Å²) in [6, 6.07) is 8.20. The van der Waals surface area contributed by atoms with Gasteiger partial charge in [0, 0.05) is 25.0 Å². The number of likely N-dealkylation sites (tertiary alicyclic amines) is 1. The van der Waals surface area contributed by atoms with Gasteiger partial charge in [-0.15, -0.1) is 0 Å². The molecule has 0 atom stereocenters. The fourth-order valence-corrected chi connectivity index (χ4v) is 4.21. The number of rotatable bonds is 7. The summed E-state index contributed by atoms with van der Waals surface area (Å²) in [5.41, 5.74) is 13.1. The summed E-state index contributed by atoms with van der Waals surface area (Å²) in [7, 11) is 0. The Balaban J connectivity index is 1.53. The van der Waals surface area contributed by atoms with Crippen LogP contribution < -0.4 is 22.2 Å². The molecule has 0 radical (unpaired) electrons. The van der Waals surface area contributed by atoms with Crippen molar-refractivity contribution in [2.24, 2.45) is 5.73 Å². The summed E-state index contributed by atoms with van der Waals surface area (Å²) in [5.74, 6) is -0.509. The van der Waals surface area contributed by atoms with Crippen LogP contribution in [0.1, 0.15) is 42.1 Å². The summed E-state index contributed by atoms with van der Waals surface area (Å²) in [5, 5.41) is 3.38. The molecule has 32 heavy (non-hydrogen) atoms. The van der Waals surface area contributed by atoms with Gasteiger partial charge in [0.2, 0.25) is 11.4 Å². The molecule has 1 aliphatic heterocycles. The van der Waals surface area contributed by atoms with Gasteiger partial charge >= 0.3 is 0 Å². The van der Waals surface area contributed by atoms with E-state index in [4.69, 9.17) is 11.5 Å². The van der Waals surface area contributed by atoms with Crippen LogP contribution in [0.2, 0.25) is 0 Å². The Morgan fingerprint density at radius 3 is 2.53 bits per heavy atom. The number of nitrogens with zero attached hydrogens (tertiary/aromatic N) is 4. The Hall–Kier alpha value is -3.46. The summed E-state index contributed by atoms with van der Waals surface area (Å²) >= 11 is 0. The molecule has 1 saturated heterocycles. The first-order chi connectivity index (χ1) is 15.5. The minimum Gasteiger partial charge on any atom is -0.384 e. The maximum Gasteiger partial charge on any atom is 0.256 e. The number of hydrogen-bond acceptors (Lipinski definition) is 7. The van der Waals surface area contributed by atoms with Crippen LogP contribution in [0.4, 0.5) is 17.5 Å². The average molecular weight is 436 g/mol. The molecule has 4 rings (SSSR count). The number of piperidine rings is 1. The summed E-state index contributed by atoms with van der Waals surface area (Å²) < 4.78 is 1.59. The van der Waals surface area contributed by atoms with Crippen LogP contribution in [0.15, 0.2) is 35.3 Å². The van der Waals surface area contributed by atoms with E-state index in [-0.39, 0.29) is 16.8 Å². The Morgan fingerprint density at radius 1 is 1.16 bits per heavy atom. The van der Waals surface area contributed by atoms with Crippen LogP contribution in [0.25, 0.3) is 11.0 Å². The van der Waals surface area contributed by atoms with Crippen LogP contribution >= 0.6 is 0 Å². The molecule has 3 heterocycles. The summed E-state index contributed by atoms with van der Waals surface area (Å²) in [6.45, 7) is 5.76. The predicted octanol–water partition coefficient (Wildman–Crippen LogP) is 2.26. The topological polar surface area (TPSA) is 132 Å². The van der Waals surface area contributed by atoms with Crippen molar-refractivity contribution in [2.45, 2.75) is 39.2 Å². The quantitative estimate of drug-likeness (QED) is 0.518. The highest BCUT2D eigenvalue weighted by molar-refractivity contribution is 6.00. The number of hydrogen-bond donors (Lipinski definition) is 3. The molecule has 2 aromatic heterocycles. The van der Waals surface area contributed by atoms with E-state index in [1.807, 2.05) is 19.1 Å². The van der Waals surface area contributed by atoms with Gasteiger partial charge in [-0.1, -0.05) is 18.6 Å². The minimum absolute atomic E-state index is 0.0141. The first-order valence-corrected chi connectivity index (χ1v) is 11.0. The zero-order chi connectivity index (χ0) is 22.7. The number of amides is 1. The molecule has 5 N–H and O–H groups in total. The molecule has 0 aliphatic carbocycles. The Labute approximate surface area is 186 Å². The second-order valence-electron chi connectivity index (χ2n) is 8.10. The largest absolute Gasteiger partial charge is 0.384 e. The van der Waals surface area contributed by atoms with Crippen molar-refractivity contribution in [3.05, 3.63) is 51.8 Å². The van der Waals surface area contributed by atoms with Gasteiger partial charge in [0.05, 0.1) is 5.39 Å². The lowest BCUT2D eigenvalue weighted by molar-refractivity contribution is 0.1000. The van der Waals surface area contributed by atoms with E-state index in [0.717, 1.165) is 18.7 Å². The van der Waals surface area contributed by atoms with E-state index in [1.165, 1.54) is 44.1 Å². The van der Waals surface area contributed by atoms with Gasteiger partial charge in [-0.2, -0.15) is 4.98 Å². The monoisotopic (exact) mass is 435 g/mol. The molecule has 0 bridgehead atoms. The fraction of sp³-hybridized carbons (Fsp3) is 0.391. The number of primary amides is 1. The molecule has 1 fully saturated rings. The van der Waals surface area contributed by atoms with E-state index < -0.39 is 11.3 Å². The third-order valence-corrected chi connectivity index (χ3v) is 5.98. The van der Waals surface area contributed by atoms with Gasteiger partial charge < -0.3 is 26.3 Å². The molecule has 1 aromatic carbocycles. The van der Waals surface area contributed by atoms with Crippen LogP contribution in [0.5, 0.6) is 0 Å². The average Bonchev–Trinajstić information content (AvgIpc) is 2.79. The van der Waals surface area contributed by atoms with Gasteiger partial charge in [0.25, 0.3) is 5.91 Å². The van der Waals surface area contributed by atoms with Crippen molar-refractivity contribution in [2.75, 3.05) is 30.7 Å². The lowest BCUT2D eigenvalue weighted by Gasteiger charge is -2.26. The smallest absolute Gasteiger partial charge is 0.256 e. The SMILES string of the molecule is CCn1c(N)c(C(N)=O)c(=O)c2cnc(Nc3ccc(CCN4CCCCC4)cc3)nc21. The number of benzene rings is 1. The van der Waals surface area contributed by atoms with Crippen LogP contribution in [-0.2, 0) is 13.0 Å². The molecule has 3 aromatic rings. The highest BCUT2D eigenvalue weighted by atomic mass is 16.2. The summed E-state index contributed by atoms with van der Waals surface area (Å²) in [6.07, 6.45) is 6.38.